The Morgan fingerprint density at radius 3 is 1.33 bits per heavy atom. The van der Waals surface area contributed by atoms with E-state index >= 15 is 0 Å². The molecule has 4 aromatic carbocycles. The zero-order valence-corrected chi connectivity index (χ0v) is 22.7. The van der Waals surface area contributed by atoms with E-state index in [2.05, 4.69) is 54.0 Å². The molecule has 0 aliphatic carbocycles. The predicted octanol–water partition coefficient (Wildman–Crippen LogP) is 6.21. The SMILES string of the molecule is Cc1cc(OCc2ccccc2)cc(C)c1B(O)O.Cc1cc(OCc2ccccc2)cc(C)c1Br. The molecule has 6 heteroatoms. The molecule has 0 bridgehead atoms. The molecular weight excluding hydrogens is 515 g/mol. The van der Waals surface area contributed by atoms with Crippen LogP contribution in [-0.4, -0.2) is 17.2 Å². The Morgan fingerprint density at radius 1 is 0.611 bits per heavy atom. The van der Waals surface area contributed by atoms with Gasteiger partial charge in [-0.25, -0.2) is 0 Å². The first-order valence-electron chi connectivity index (χ1n) is 11.8. The summed E-state index contributed by atoms with van der Waals surface area (Å²) in [6.07, 6.45) is 0. The molecule has 0 saturated heterocycles. The molecule has 0 aliphatic heterocycles. The molecule has 0 atom stereocenters. The molecule has 4 nitrogen and oxygen atoms in total. The summed E-state index contributed by atoms with van der Waals surface area (Å²) >= 11 is 3.55. The van der Waals surface area contributed by atoms with Gasteiger partial charge in [0.15, 0.2) is 0 Å². The normalized spacial score (nSPS) is 10.3. The van der Waals surface area contributed by atoms with Crippen LogP contribution in [0.1, 0.15) is 33.4 Å². The maximum Gasteiger partial charge on any atom is 0.488 e. The minimum absolute atomic E-state index is 0.501. The van der Waals surface area contributed by atoms with Crippen LogP contribution < -0.4 is 14.9 Å². The maximum atomic E-state index is 9.30. The van der Waals surface area contributed by atoms with Crippen molar-refractivity contribution in [2.45, 2.75) is 40.9 Å². The third-order valence-electron chi connectivity index (χ3n) is 5.73. The molecular formula is C30H32BBrO4. The lowest BCUT2D eigenvalue weighted by Crippen LogP contribution is -2.34. The average molecular weight is 547 g/mol. The molecule has 186 valence electrons. The van der Waals surface area contributed by atoms with E-state index in [0.717, 1.165) is 32.7 Å². The average Bonchev–Trinajstić information content (AvgIpc) is 2.86. The molecule has 0 radical (unpaired) electrons. The van der Waals surface area contributed by atoms with Crippen LogP contribution in [0, 0.1) is 27.7 Å². The fourth-order valence-electron chi connectivity index (χ4n) is 3.90. The molecule has 0 amide bonds. The van der Waals surface area contributed by atoms with Gasteiger partial charge in [0.05, 0.1) is 0 Å². The molecule has 4 aromatic rings. The summed E-state index contributed by atoms with van der Waals surface area (Å²) in [6.45, 7) is 8.95. The van der Waals surface area contributed by atoms with Crippen molar-refractivity contribution < 1.29 is 19.5 Å². The van der Waals surface area contributed by atoms with E-state index < -0.39 is 7.12 Å². The van der Waals surface area contributed by atoms with E-state index in [1.807, 2.05) is 74.5 Å². The summed E-state index contributed by atoms with van der Waals surface area (Å²) in [5.41, 5.74) is 6.87. The van der Waals surface area contributed by atoms with Gasteiger partial charge in [0, 0.05) is 4.47 Å². The van der Waals surface area contributed by atoms with Crippen molar-refractivity contribution in [3.8, 4) is 11.5 Å². The Bertz CT molecular complexity index is 1210. The molecule has 0 fully saturated rings. The number of hydrogen-bond donors (Lipinski definition) is 2. The highest BCUT2D eigenvalue weighted by Crippen LogP contribution is 2.26. The monoisotopic (exact) mass is 546 g/mol. The molecule has 0 saturated carbocycles. The smallest absolute Gasteiger partial charge is 0.488 e. The van der Waals surface area contributed by atoms with Crippen LogP contribution in [0.2, 0.25) is 0 Å². The van der Waals surface area contributed by atoms with Crippen molar-refractivity contribution in [1.82, 2.24) is 0 Å². The van der Waals surface area contributed by atoms with Crippen molar-refractivity contribution in [2.75, 3.05) is 0 Å². The molecule has 36 heavy (non-hydrogen) atoms. The van der Waals surface area contributed by atoms with E-state index in [9.17, 15) is 10.0 Å². The van der Waals surface area contributed by atoms with E-state index in [-0.39, 0.29) is 0 Å². The highest BCUT2D eigenvalue weighted by molar-refractivity contribution is 9.10. The van der Waals surface area contributed by atoms with E-state index in [0.29, 0.717) is 18.7 Å². The van der Waals surface area contributed by atoms with Crippen LogP contribution >= 0.6 is 15.9 Å². The highest BCUT2D eigenvalue weighted by Gasteiger charge is 2.17. The summed E-state index contributed by atoms with van der Waals surface area (Å²) in [5.74, 6) is 1.66. The van der Waals surface area contributed by atoms with Gasteiger partial charge in [-0.15, -0.1) is 0 Å². The lowest BCUT2D eigenvalue weighted by Gasteiger charge is -2.13. The Morgan fingerprint density at radius 2 is 0.972 bits per heavy atom. The molecule has 4 rings (SSSR count). The summed E-state index contributed by atoms with van der Waals surface area (Å²) in [4.78, 5) is 0. The second-order valence-corrected chi connectivity index (χ2v) is 9.56. The van der Waals surface area contributed by atoms with Gasteiger partial charge in [-0.05, 0) is 90.8 Å². The number of benzene rings is 4. The third kappa shape index (κ3) is 7.99. The van der Waals surface area contributed by atoms with Gasteiger partial charge in [-0.3, -0.25) is 0 Å². The van der Waals surface area contributed by atoms with Crippen LogP contribution in [-0.2, 0) is 13.2 Å². The topological polar surface area (TPSA) is 58.9 Å². The van der Waals surface area contributed by atoms with Crippen molar-refractivity contribution in [2.24, 2.45) is 0 Å². The van der Waals surface area contributed by atoms with Crippen LogP contribution in [0.25, 0.3) is 0 Å². The van der Waals surface area contributed by atoms with E-state index in [1.54, 1.807) is 0 Å². The second kappa shape index (κ2) is 13.3. The van der Waals surface area contributed by atoms with E-state index in [1.165, 1.54) is 16.7 Å². The van der Waals surface area contributed by atoms with Gasteiger partial charge in [-0.1, -0.05) is 76.6 Å². The van der Waals surface area contributed by atoms with Crippen molar-refractivity contribution in [1.29, 1.82) is 0 Å². The first-order chi connectivity index (χ1) is 17.2. The third-order valence-corrected chi connectivity index (χ3v) is 6.98. The molecule has 0 unspecified atom stereocenters. The molecule has 0 heterocycles. The number of halogens is 1. The zero-order valence-electron chi connectivity index (χ0n) is 21.2. The van der Waals surface area contributed by atoms with Crippen LogP contribution in [0.5, 0.6) is 11.5 Å². The van der Waals surface area contributed by atoms with Crippen molar-refractivity contribution in [3.63, 3.8) is 0 Å². The standard InChI is InChI=1S/C15H17BO3.C15H15BrO/c1-11-8-14(9-12(2)15(11)16(17)18)19-10-13-6-4-3-5-7-13;1-11-8-14(9-12(2)15(11)16)17-10-13-6-4-3-5-7-13/h3-9,17-18H,10H2,1-2H3;3-9H,10H2,1-2H3. The Labute approximate surface area is 222 Å². The van der Waals surface area contributed by atoms with Crippen LogP contribution in [0.4, 0.5) is 0 Å². The minimum Gasteiger partial charge on any atom is -0.489 e. The van der Waals surface area contributed by atoms with Crippen molar-refractivity contribution in [3.05, 3.63) is 123 Å². The van der Waals surface area contributed by atoms with Gasteiger partial charge in [0.1, 0.15) is 24.7 Å². The van der Waals surface area contributed by atoms with Crippen LogP contribution in [0.15, 0.2) is 89.4 Å². The number of ether oxygens (including phenoxy) is 2. The number of hydrogen-bond acceptors (Lipinski definition) is 4. The number of rotatable bonds is 7. The lowest BCUT2D eigenvalue weighted by molar-refractivity contribution is 0.305. The molecule has 2 N–H and O–H groups in total. The fraction of sp³-hybridized carbons (Fsp3) is 0.200. The summed E-state index contributed by atoms with van der Waals surface area (Å²) in [6, 6.07) is 27.9. The largest absolute Gasteiger partial charge is 0.489 e. The van der Waals surface area contributed by atoms with Crippen LogP contribution in [0.3, 0.4) is 0 Å². The Balaban J connectivity index is 0.000000202. The summed E-state index contributed by atoms with van der Waals surface area (Å²) < 4.78 is 12.7. The molecule has 0 aliphatic rings. The second-order valence-electron chi connectivity index (χ2n) is 8.76. The van der Waals surface area contributed by atoms with Gasteiger partial charge < -0.3 is 19.5 Å². The predicted molar refractivity (Wildman–Crippen MR) is 151 cm³/mol. The fourth-order valence-corrected chi connectivity index (χ4v) is 4.13. The van der Waals surface area contributed by atoms with Gasteiger partial charge in [0.25, 0.3) is 0 Å². The first kappa shape index (κ1) is 27.5. The zero-order chi connectivity index (χ0) is 26.1. The minimum atomic E-state index is -1.44. The molecule has 0 aromatic heterocycles. The summed E-state index contributed by atoms with van der Waals surface area (Å²) in [7, 11) is -1.44. The van der Waals surface area contributed by atoms with Gasteiger partial charge in [0.2, 0.25) is 0 Å². The first-order valence-corrected chi connectivity index (χ1v) is 12.6. The Kier molecular flexibility index (Phi) is 10.2. The number of aryl methyl sites for hydroxylation is 4. The van der Waals surface area contributed by atoms with Gasteiger partial charge >= 0.3 is 7.12 Å². The van der Waals surface area contributed by atoms with Gasteiger partial charge in [-0.2, -0.15) is 0 Å². The quantitative estimate of drug-likeness (QED) is 0.271. The lowest BCUT2D eigenvalue weighted by atomic mass is 9.74. The summed E-state index contributed by atoms with van der Waals surface area (Å²) in [5, 5.41) is 18.6. The Hall–Kier alpha value is -3.06. The molecule has 0 spiro atoms. The van der Waals surface area contributed by atoms with E-state index in [4.69, 9.17) is 9.47 Å². The maximum absolute atomic E-state index is 9.30. The van der Waals surface area contributed by atoms with Crippen molar-refractivity contribution >= 4 is 28.5 Å². The highest BCUT2D eigenvalue weighted by atomic mass is 79.9.